The first-order valence-corrected chi connectivity index (χ1v) is 5.92. The van der Waals surface area contributed by atoms with Crippen LogP contribution >= 0.6 is 11.6 Å². The zero-order valence-corrected chi connectivity index (χ0v) is 9.44. The number of aromatic nitrogens is 3. The third kappa shape index (κ3) is 1.39. The van der Waals surface area contributed by atoms with Crippen LogP contribution in [0.15, 0.2) is 0 Å². The van der Waals surface area contributed by atoms with Gasteiger partial charge in [0.15, 0.2) is 0 Å². The summed E-state index contributed by atoms with van der Waals surface area (Å²) in [5.41, 5.74) is 0. The molecule has 2 fully saturated rings. The third-order valence-electron chi connectivity index (χ3n) is 3.45. The smallest absolute Gasteiger partial charge is 0.225 e. The van der Waals surface area contributed by atoms with Crippen LogP contribution in [-0.4, -0.2) is 27.0 Å². The SMILES string of the molecule is CCc1nnc(Cl)n1C1CC2CCC1O2. The van der Waals surface area contributed by atoms with E-state index in [2.05, 4.69) is 21.7 Å². The Morgan fingerprint density at radius 1 is 1.47 bits per heavy atom. The molecule has 3 unspecified atom stereocenters. The maximum atomic E-state index is 6.07. The summed E-state index contributed by atoms with van der Waals surface area (Å²) in [4.78, 5) is 0. The van der Waals surface area contributed by atoms with Gasteiger partial charge < -0.3 is 4.74 Å². The lowest BCUT2D eigenvalue weighted by molar-refractivity contribution is 0.0935. The van der Waals surface area contributed by atoms with Crippen LogP contribution in [0.5, 0.6) is 0 Å². The van der Waals surface area contributed by atoms with E-state index in [-0.39, 0.29) is 0 Å². The molecule has 15 heavy (non-hydrogen) atoms. The van der Waals surface area contributed by atoms with Crippen LogP contribution in [0.25, 0.3) is 0 Å². The van der Waals surface area contributed by atoms with Crippen LogP contribution < -0.4 is 0 Å². The van der Waals surface area contributed by atoms with Crippen molar-refractivity contribution in [1.29, 1.82) is 0 Å². The Bertz CT molecular complexity index is 379. The molecule has 3 atom stereocenters. The van der Waals surface area contributed by atoms with E-state index in [1.54, 1.807) is 0 Å². The lowest BCUT2D eigenvalue weighted by Gasteiger charge is -2.21. The number of halogens is 1. The van der Waals surface area contributed by atoms with E-state index in [9.17, 15) is 0 Å². The topological polar surface area (TPSA) is 39.9 Å². The van der Waals surface area contributed by atoms with E-state index in [1.807, 2.05) is 0 Å². The zero-order chi connectivity index (χ0) is 10.4. The molecule has 82 valence electrons. The zero-order valence-electron chi connectivity index (χ0n) is 8.69. The molecule has 0 saturated carbocycles. The third-order valence-corrected chi connectivity index (χ3v) is 3.70. The summed E-state index contributed by atoms with van der Waals surface area (Å²) in [5.74, 6) is 0.973. The van der Waals surface area contributed by atoms with Gasteiger partial charge in [-0.1, -0.05) is 6.92 Å². The van der Waals surface area contributed by atoms with Gasteiger partial charge in [-0.15, -0.1) is 10.2 Å². The summed E-state index contributed by atoms with van der Waals surface area (Å²) in [6.07, 6.45) is 5.04. The molecule has 1 aromatic heterocycles. The number of rotatable bonds is 2. The predicted octanol–water partition coefficient (Wildman–Crippen LogP) is 1.99. The molecule has 2 bridgehead atoms. The van der Waals surface area contributed by atoms with Crippen molar-refractivity contribution >= 4 is 11.6 Å². The molecule has 3 rings (SSSR count). The average Bonchev–Trinajstić information content (AvgIpc) is 2.90. The molecule has 2 aliphatic heterocycles. The number of aryl methyl sites for hydroxylation is 1. The number of hydrogen-bond acceptors (Lipinski definition) is 3. The van der Waals surface area contributed by atoms with Crippen molar-refractivity contribution in [3.63, 3.8) is 0 Å². The molecule has 0 N–H and O–H groups in total. The lowest BCUT2D eigenvalue weighted by atomic mass is 9.95. The van der Waals surface area contributed by atoms with Gasteiger partial charge in [-0.25, -0.2) is 0 Å². The van der Waals surface area contributed by atoms with Crippen molar-refractivity contribution in [2.45, 2.75) is 50.9 Å². The van der Waals surface area contributed by atoms with Crippen molar-refractivity contribution in [2.75, 3.05) is 0 Å². The first kappa shape index (κ1) is 9.60. The first-order chi connectivity index (χ1) is 7.29. The Labute approximate surface area is 93.6 Å². The van der Waals surface area contributed by atoms with E-state index in [4.69, 9.17) is 16.3 Å². The minimum absolute atomic E-state index is 0.328. The van der Waals surface area contributed by atoms with E-state index < -0.39 is 0 Å². The van der Waals surface area contributed by atoms with Crippen molar-refractivity contribution in [3.05, 3.63) is 11.1 Å². The van der Waals surface area contributed by atoms with Crippen LogP contribution in [-0.2, 0) is 11.2 Å². The van der Waals surface area contributed by atoms with Gasteiger partial charge >= 0.3 is 0 Å². The van der Waals surface area contributed by atoms with Crippen molar-refractivity contribution in [3.8, 4) is 0 Å². The minimum Gasteiger partial charge on any atom is -0.373 e. The number of ether oxygens (including phenoxy) is 1. The molecular weight excluding hydrogens is 214 g/mol. The Hall–Kier alpha value is -0.610. The van der Waals surface area contributed by atoms with Gasteiger partial charge in [0.05, 0.1) is 18.2 Å². The highest BCUT2D eigenvalue weighted by Crippen LogP contribution is 2.42. The second kappa shape index (κ2) is 3.46. The monoisotopic (exact) mass is 227 g/mol. The summed E-state index contributed by atoms with van der Waals surface area (Å²) in [5, 5.41) is 8.53. The van der Waals surface area contributed by atoms with E-state index >= 15 is 0 Å². The maximum Gasteiger partial charge on any atom is 0.225 e. The van der Waals surface area contributed by atoms with Crippen molar-refractivity contribution in [2.24, 2.45) is 0 Å². The maximum absolute atomic E-state index is 6.07. The highest BCUT2D eigenvalue weighted by atomic mass is 35.5. The van der Waals surface area contributed by atoms with E-state index in [0.717, 1.165) is 25.1 Å². The van der Waals surface area contributed by atoms with Crippen molar-refractivity contribution in [1.82, 2.24) is 14.8 Å². The van der Waals surface area contributed by atoms with Gasteiger partial charge in [-0.05, 0) is 30.9 Å². The summed E-state index contributed by atoms with van der Waals surface area (Å²) < 4.78 is 7.89. The quantitative estimate of drug-likeness (QED) is 0.776. The molecule has 0 aliphatic carbocycles. The van der Waals surface area contributed by atoms with Crippen LogP contribution in [0.4, 0.5) is 0 Å². The van der Waals surface area contributed by atoms with Crippen molar-refractivity contribution < 1.29 is 4.74 Å². The Morgan fingerprint density at radius 2 is 2.33 bits per heavy atom. The molecule has 2 saturated heterocycles. The molecule has 5 heteroatoms. The molecule has 0 amide bonds. The Balaban J connectivity index is 1.95. The molecule has 0 radical (unpaired) electrons. The highest BCUT2D eigenvalue weighted by Gasteiger charge is 2.43. The normalized spacial score (nSPS) is 33.9. The van der Waals surface area contributed by atoms with Gasteiger partial charge in [0.25, 0.3) is 0 Å². The molecular formula is C10H14ClN3O. The van der Waals surface area contributed by atoms with Crippen LogP contribution in [0, 0.1) is 0 Å². The highest BCUT2D eigenvalue weighted by molar-refractivity contribution is 6.28. The average molecular weight is 228 g/mol. The fourth-order valence-corrected chi connectivity index (χ4v) is 3.01. The van der Waals surface area contributed by atoms with Gasteiger partial charge in [0, 0.05) is 6.42 Å². The largest absolute Gasteiger partial charge is 0.373 e. The molecule has 3 heterocycles. The number of hydrogen-bond donors (Lipinski definition) is 0. The first-order valence-electron chi connectivity index (χ1n) is 5.54. The molecule has 1 aromatic rings. The van der Waals surface area contributed by atoms with Gasteiger partial charge in [0.2, 0.25) is 5.28 Å². The Kier molecular flexibility index (Phi) is 2.21. The summed E-state index contributed by atoms with van der Waals surface area (Å²) in [6.45, 7) is 2.07. The van der Waals surface area contributed by atoms with Gasteiger partial charge in [-0.3, -0.25) is 4.57 Å². The summed E-state index contributed by atoms with van der Waals surface area (Å²) in [6, 6.07) is 0.362. The van der Waals surface area contributed by atoms with Crippen LogP contribution in [0.1, 0.15) is 38.1 Å². The van der Waals surface area contributed by atoms with Gasteiger partial charge in [-0.2, -0.15) is 0 Å². The minimum atomic E-state index is 0.328. The molecule has 0 spiro atoms. The Morgan fingerprint density at radius 3 is 2.93 bits per heavy atom. The molecule has 0 aromatic carbocycles. The van der Waals surface area contributed by atoms with Crippen LogP contribution in [0.2, 0.25) is 5.28 Å². The number of fused-ring (bicyclic) bond motifs is 2. The summed E-state index contributed by atoms with van der Waals surface area (Å²) in [7, 11) is 0. The second-order valence-corrected chi connectivity index (χ2v) is 4.62. The summed E-state index contributed by atoms with van der Waals surface area (Å²) >= 11 is 6.07. The fraction of sp³-hybridized carbons (Fsp3) is 0.800. The second-order valence-electron chi connectivity index (χ2n) is 4.29. The fourth-order valence-electron chi connectivity index (χ4n) is 2.75. The molecule has 4 nitrogen and oxygen atoms in total. The number of nitrogens with zero attached hydrogens (tertiary/aromatic N) is 3. The van der Waals surface area contributed by atoms with Crippen LogP contribution in [0.3, 0.4) is 0 Å². The predicted molar refractivity (Wildman–Crippen MR) is 56.0 cm³/mol. The molecule has 2 aliphatic rings. The van der Waals surface area contributed by atoms with Gasteiger partial charge in [0.1, 0.15) is 5.82 Å². The lowest BCUT2D eigenvalue weighted by Crippen LogP contribution is -2.22. The van der Waals surface area contributed by atoms with E-state index in [1.165, 1.54) is 6.42 Å². The van der Waals surface area contributed by atoms with E-state index in [0.29, 0.717) is 23.5 Å². The standard InChI is InChI=1S/C10H14ClN3O/c1-2-9-12-13-10(11)14(9)7-5-6-3-4-8(7)15-6/h6-8H,2-5H2,1H3.